The van der Waals surface area contributed by atoms with Crippen LogP contribution in [0.25, 0.3) is 10.9 Å². The van der Waals surface area contributed by atoms with E-state index in [0.29, 0.717) is 25.7 Å². The van der Waals surface area contributed by atoms with Gasteiger partial charge < -0.3 is 19.5 Å². The number of ether oxygens (including phenoxy) is 1. The van der Waals surface area contributed by atoms with Gasteiger partial charge in [-0.25, -0.2) is 4.79 Å². The van der Waals surface area contributed by atoms with E-state index < -0.39 is 0 Å². The summed E-state index contributed by atoms with van der Waals surface area (Å²) in [4.78, 5) is 20.1. The molecule has 0 aliphatic carbocycles. The molecule has 0 radical (unpaired) electrons. The largest absolute Gasteiger partial charge is 0.445 e. The number of amides is 1. The number of nitrogens with one attached hydrogen (secondary N) is 1. The predicted octanol–water partition coefficient (Wildman–Crippen LogP) is 3.55. The summed E-state index contributed by atoms with van der Waals surface area (Å²) in [6.07, 6.45) is 2.77. The van der Waals surface area contributed by atoms with Crippen molar-refractivity contribution in [3.05, 3.63) is 65.9 Å². The van der Waals surface area contributed by atoms with Crippen LogP contribution in [0.1, 0.15) is 11.1 Å². The Morgan fingerprint density at radius 3 is 2.88 bits per heavy atom. The van der Waals surface area contributed by atoms with Gasteiger partial charge in [0.25, 0.3) is 0 Å². The van der Waals surface area contributed by atoms with Crippen molar-refractivity contribution in [3.8, 4) is 0 Å². The average Bonchev–Trinajstić information content (AvgIpc) is 3.29. The molecule has 2 aliphatic heterocycles. The zero-order chi connectivity index (χ0) is 17.5. The summed E-state index contributed by atoms with van der Waals surface area (Å²) in [6.45, 7) is 2.59. The maximum atomic E-state index is 12.5. The molecule has 5 rings (SSSR count). The molecule has 0 saturated carbocycles. The van der Waals surface area contributed by atoms with Gasteiger partial charge in [0, 0.05) is 42.4 Å². The molecule has 1 atom stereocenters. The first-order valence-corrected chi connectivity index (χ1v) is 9.11. The molecule has 3 heterocycles. The van der Waals surface area contributed by atoms with Crippen LogP contribution in [0.4, 0.5) is 10.5 Å². The van der Waals surface area contributed by atoms with Crippen molar-refractivity contribution in [2.24, 2.45) is 0 Å². The number of hydrogen-bond acceptors (Lipinski definition) is 3. The quantitative estimate of drug-likeness (QED) is 0.771. The Labute approximate surface area is 152 Å². The van der Waals surface area contributed by atoms with E-state index in [1.54, 1.807) is 0 Å². The number of hydrogen-bond donors (Lipinski definition) is 1. The molecule has 1 N–H and O–H groups in total. The molecule has 2 aromatic carbocycles. The molecule has 3 aromatic rings. The Morgan fingerprint density at radius 1 is 1.12 bits per heavy atom. The molecule has 2 aliphatic rings. The maximum absolute atomic E-state index is 12.5. The fourth-order valence-electron chi connectivity index (χ4n) is 4.22. The summed E-state index contributed by atoms with van der Waals surface area (Å²) in [6, 6.07) is 16.7. The Hall–Kier alpha value is -2.95. The van der Waals surface area contributed by atoms with E-state index in [9.17, 15) is 4.79 Å². The second-order valence-corrected chi connectivity index (χ2v) is 7.05. The summed E-state index contributed by atoms with van der Waals surface area (Å²) in [5.74, 6) is 0. The third-order valence-electron chi connectivity index (χ3n) is 5.48. The molecule has 1 unspecified atom stereocenters. The Bertz CT molecular complexity index is 950. The van der Waals surface area contributed by atoms with E-state index in [2.05, 4.69) is 28.1 Å². The molecule has 1 saturated heterocycles. The highest BCUT2D eigenvalue weighted by atomic mass is 16.6. The van der Waals surface area contributed by atoms with Gasteiger partial charge in [-0.15, -0.1) is 0 Å². The van der Waals surface area contributed by atoms with Gasteiger partial charge in [-0.1, -0.05) is 36.4 Å². The second kappa shape index (κ2) is 6.09. The first-order valence-electron chi connectivity index (χ1n) is 9.11. The fourth-order valence-corrected chi connectivity index (χ4v) is 4.22. The molecule has 5 nitrogen and oxygen atoms in total. The summed E-state index contributed by atoms with van der Waals surface area (Å²) >= 11 is 0. The number of carbonyl (C=O) groups excluding carboxylic acids is 1. The highest BCUT2D eigenvalue weighted by molar-refractivity contribution is 5.95. The molecule has 1 amide bonds. The number of piperazine rings is 1. The predicted molar refractivity (Wildman–Crippen MR) is 101 cm³/mol. The van der Waals surface area contributed by atoms with Crippen LogP contribution >= 0.6 is 0 Å². The van der Waals surface area contributed by atoms with E-state index in [-0.39, 0.29) is 6.09 Å². The van der Waals surface area contributed by atoms with E-state index in [4.69, 9.17) is 4.74 Å². The highest BCUT2D eigenvalue weighted by Gasteiger charge is 2.37. The van der Waals surface area contributed by atoms with Gasteiger partial charge in [0.05, 0.1) is 6.04 Å². The zero-order valence-electron chi connectivity index (χ0n) is 14.5. The Morgan fingerprint density at radius 2 is 2.00 bits per heavy atom. The molecule has 26 heavy (non-hydrogen) atoms. The normalized spacial score (nSPS) is 18.7. The lowest BCUT2D eigenvalue weighted by Gasteiger charge is -2.38. The molecule has 132 valence electrons. The minimum absolute atomic E-state index is 0.212. The van der Waals surface area contributed by atoms with Crippen LogP contribution in [-0.4, -0.2) is 41.7 Å². The summed E-state index contributed by atoms with van der Waals surface area (Å²) < 4.78 is 5.51. The van der Waals surface area contributed by atoms with Crippen LogP contribution in [0.3, 0.4) is 0 Å². The van der Waals surface area contributed by atoms with Gasteiger partial charge in [0.2, 0.25) is 0 Å². The van der Waals surface area contributed by atoms with E-state index in [1.165, 1.54) is 22.2 Å². The smallest absolute Gasteiger partial charge is 0.410 e. The van der Waals surface area contributed by atoms with Gasteiger partial charge in [-0.2, -0.15) is 0 Å². The number of carbonyl (C=O) groups is 1. The number of benzene rings is 2. The first kappa shape index (κ1) is 15.3. The molecular weight excluding hydrogens is 326 g/mol. The third-order valence-corrected chi connectivity index (χ3v) is 5.48. The number of aromatic nitrogens is 1. The van der Waals surface area contributed by atoms with Crippen LogP contribution in [-0.2, 0) is 17.8 Å². The molecule has 5 heteroatoms. The molecular formula is C21H21N3O2. The monoisotopic (exact) mass is 347 g/mol. The third kappa shape index (κ3) is 2.51. The molecule has 1 fully saturated rings. The molecule has 0 bridgehead atoms. The van der Waals surface area contributed by atoms with Crippen LogP contribution in [0.2, 0.25) is 0 Å². The minimum Gasteiger partial charge on any atom is -0.445 e. The second-order valence-electron chi connectivity index (χ2n) is 7.05. The van der Waals surface area contributed by atoms with E-state index in [0.717, 1.165) is 18.5 Å². The van der Waals surface area contributed by atoms with Crippen LogP contribution in [0.5, 0.6) is 0 Å². The van der Waals surface area contributed by atoms with Crippen molar-refractivity contribution in [2.45, 2.75) is 19.1 Å². The maximum Gasteiger partial charge on any atom is 0.410 e. The Kier molecular flexibility index (Phi) is 3.59. The number of fused-ring (bicyclic) bond motifs is 5. The van der Waals surface area contributed by atoms with Gasteiger partial charge in [-0.05, 0) is 29.7 Å². The number of nitrogens with zero attached hydrogens (tertiary/aromatic N) is 2. The summed E-state index contributed by atoms with van der Waals surface area (Å²) in [7, 11) is 0. The van der Waals surface area contributed by atoms with Crippen LogP contribution < -0.4 is 4.90 Å². The lowest BCUT2D eigenvalue weighted by molar-refractivity contribution is 0.0896. The van der Waals surface area contributed by atoms with Crippen molar-refractivity contribution in [2.75, 3.05) is 24.5 Å². The number of rotatable bonds is 2. The van der Waals surface area contributed by atoms with Crippen molar-refractivity contribution in [3.63, 3.8) is 0 Å². The van der Waals surface area contributed by atoms with Gasteiger partial charge in [0.1, 0.15) is 6.61 Å². The van der Waals surface area contributed by atoms with Crippen molar-refractivity contribution >= 4 is 22.7 Å². The van der Waals surface area contributed by atoms with Crippen molar-refractivity contribution in [1.29, 1.82) is 0 Å². The van der Waals surface area contributed by atoms with Crippen LogP contribution in [0, 0.1) is 0 Å². The lowest BCUT2D eigenvalue weighted by Crippen LogP contribution is -2.53. The molecule has 0 spiro atoms. The van der Waals surface area contributed by atoms with Crippen LogP contribution in [0.15, 0.2) is 54.7 Å². The lowest BCUT2D eigenvalue weighted by atomic mass is 10.1. The van der Waals surface area contributed by atoms with Gasteiger partial charge in [0.15, 0.2) is 0 Å². The van der Waals surface area contributed by atoms with Crippen molar-refractivity contribution < 1.29 is 9.53 Å². The van der Waals surface area contributed by atoms with Gasteiger partial charge in [-0.3, -0.25) is 0 Å². The summed E-state index contributed by atoms with van der Waals surface area (Å²) in [5, 5.41) is 1.28. The number of H-pyrrole nitrogens is 1. The minimum atomic E-state index is -0.212. The zero-order valence-corrected chi connectivity index (χ0v) is 14.5. The van der Waals surface area contributed by atoms with Gasteiger partial charge >= 0.3 is 6.09 Å². The SMILES string of the molecule is O=C(OCc1ccccc1)N1CCN2c3c(ccc4[nH]ccc34)CC2C1. The van der Waals surface area contributed by atoms with E-state index in [1.807, 2.05) is 41.4 Å². The number of aromatic amines is 1. The Balaban J connectivity index is 1.28. The standard InChI is InChI=1S/C21H21N3O2/c25-21(26-14-15-4-2-1-3-5-15)23-10-11-24-17(13-23)12-16-6-7-19-18(20(16)24)8-9-22-19/h1-9,17,22H,10-14H2. The fraction of sp³-hybridized carbons (Fsp3) is 0.286. The average molecular weight is 347 g/mol. The van der Waals surface area contributed by atoms with E-state index >= 15 is 0 Å². The van der Waals surface area contributed by atoms with Crippen molar-refractivity contribution in [1.82, 2.24) is 9.88 Å². The highest BCUT2D eigenvalue weighted by Crippen LogP contribution is 2.39. The molecule has 1 aromatic heterocycles. The number of anilines is 1. The topological polar surface area (TPSA) is 48.6 Å². The summed E-state index contributed by atoms with van der Waals surface area (Å²) in [5.41, 5.74) is 4.91. The first-order chi connectivity index (χ1) is 12.8.